The van der Waals surface area contributed by atoms with Gasteiger partial charge in [-0.3, -0.25) is 4.90 Å². The minimum atomic E-state index is -2.26. The molecule has 1 heterocycles. The number of carbonyl (C=O) groups is 1. The van der Waals surface area contributed by atoms with Gasteiger partial charge in [-0.1, -0.05) is 12.1 Å². The quantitative estimate of drug-likeness (QED) is 0.931. The third-order valence-corrected chi connectivity index (χ3v) is 4.20. The molecule has 0 aliphatic carbocycles. The van der Waals surface area contributed by atoms with Crippen LogP contribution in [-0.2, 0) is 4.79 Å². The predicted molar refractivity (Wildman–Crippen MR) is 78.5 cm³/mol. The Hall–Kier alpha value is -1.62. The normalized spacial score (nSPS) is 26.8. The maximum atomic E-state index is 15.1. The molecular formula is C16H22FNO3. The van der Waals surface area contributed by atoms with Crippen LogP contribution in [0, 0.1) is 0 Å². The van der Waals surface area contributed by atoms with Gasteiger partial charge >= 0.3 is 5.97 Å². The largest absolute Gasteiger partial charge is 0.497 e. The van der Waals surface area contributed by atoms with E-state index < -0.39 is 17.6 Å². The molecule has 1 aromatic rings. The molecular weight excluding hydrogens is 273 g/mol. The van der Waals surface area contributed by atoms with E-state index in [-0.39, 0.29) is 12.1 Å². The van der Waals surface area contributed by atoms with Crippen LogP contribution in [0.15, 0.2) is 24.3 Å². The van der Waals surface area contributed by atoms with Crippen molar-refractivity contribution in [2.45, 2.75) is 37.9 Å². The molecule has 0 aromatic heterocycles. The second-order valence-corrected chi connectivity index (χ2v) is 6.54. The summed E-state index contributed by atoms with van der Waals surface area (Å²) in [5, 5.41) is 9.36. The summed E-state index contributed by atoms with van der Waals surface area (Å²) in [7, 11) is 1.56. The minimum Gasteiger partial charge on any atom is -0.497 e. The summed E-state index contributed by atoms with van der Waals surface area (Å²) in [6.07, 6.45) is 0. The number of halogens is 1. The molecule has 0 amide bonds. The van der Waals surface area contributed by atoms with Gasteiger partial charge in [-0.2, -0.15) is 0 Å². The molecule has 1 aliphatic rings. The monoisotopic (exact) mass is 295 g/mol. The summed E-state index contributed by atoms with van der Waals surface area (Å²) in [6.45, 7) is 6.18. The Bertz CT molecular complexity index is 523. The molecule has 0 radical (unpaired) electrons. The van der Waals surface area contributed by atoms with Crippen molar-refractivity contribution in [2.24, 2.45) is 0 Å². The minimum absolute atomic E-state index is 0.0947. The number of carboxylic acid groups (broad SMARTS) is 1. The average molecular weight is 295 g/mol. The number of rotatable bonds is 3. The van der Waals surface area contributed by atoms with Gasteiger partial charge in [-0.15, -0.1) is 0 Å². The van der Waals surface area contributed by atoms with Gasteiger partial charge in [-0.25, -0.2) is 9.18 Å². The number of hydrogen-bond donors (Lipinski definition) is 1. The smallest absolute Gasteiger partial charge is 0.343 e. The fourth-order valence-electron chi connectivity index (χ4n) is 2.75. The molecule has 1 fully saturated rings. The van der Waals surface area contributed by atoms with Gasteiger partial charge in [0.1, 0.15) is 5.75 Å². The number of ether oxygens (including phenoxy) is 1. The van der Waals surface area contributed by atoms with Crippen molar-refractivity contribution < 1.29 is 19.0 Å². The molecule has 0 unspecified atom stereocenters. The fourth-order valence-corrected chi connectivity index (χ4v) is 2.75. The second-order valence-electron chi connectivity index (χ2n) is 6.54. The zero-order chi connectivity index (χ0) is 15.8. The summed E-state index contributed by atoms with van der Waals surface area (Å²) in [6, 6.07) is 6.95. The molecule has 0 saturated carbocycles. The second kappa shape index (κ2) is 5.30. The van der Waals surface area contributed by atoms with E-state index in [9.17, 15) is 9.90 Å². The van der Waals surface area contributed by atoms with Gasteiger partial charge in [0, 0.05) is 24.5 Å². The molecule has 1 aromatic carbocycles. The highest BCUT2D eigenvalue weighted by atomic mass is 19.1. The van der Waals surface area contributed by atoms with Crippen LogP contribution in [0.25, 0.3) is 0 Å². The van der Waals surface area contributed by atoms with Crippen molar-refractivity contribution in [3.8, 4) is 5.75 Å². The first-order chi connectivity index (χ1) is 9.68. The van der Waals surface area contributed by atoms with E-state index in [2.05, 4.69) is 0 Å². The number of benzene rings is 1. The van der Waals surface area contributed by atoms with E-state index in [1.165, 1.54) is 0 Å². The molecule has 2 rings (SSSR count). The highest BCUT2D eigenvalue weighted by Gasteiger charge is 2.55. The molecule has 21 heavy (non-hydrogen) atoms. The molecule has 4 nitrogen and oxygen atoms in total. The van der Waals surface area contributed by atoms with Gasteiger partial charge in [0.05, 0.1) is 7.11 Å². The van der Waals surface area contributed by atoms with E-state index >= 15 is 4.39 Å². The van der Waals surface area contributed by atoms with Crippen molar-refractivity contribution in [1.29, 1.82) is 0 Å². The van der Waals surface area contributed by atoms with Crippen molar-refractivity contribution in [1.82, 2.24) is 4.90 Å². The van der Waals surface area contributed by atoms with Gasteiger partial charge in [0.15, 0.2) is 0 Å². The van der Waals surface area contributed by atoms with Crippen molar-refractivity contribution in [2.75, 3.05) is 20.2 Å². The van der Waals surface area contributed by atoms with Crippen LogP contribution in [0.3, 0.4) is 0 Å². The highest BCUT2D eigenvalue weighted by Crippen LogP contribution is 2.42. The van der Waals surface area contributed by atoms with Gasteiger partial charge in [-0.05, 0) is 38.5 Å². The lowest BCUT2D eigenvalue weighted by Crippen LogP contribution is -2.44. The maximum Gasteiger partial charge on any atom is 0.343 e. The molecule has 0 spiro atoms. The topological polar surface area (TPSA) is 49.8 Å². The van der Waals surface area contributed by atoms with Gasteiger partial charge in [0.2, 0.25) is 5.67 Å². The molecule has 5 heteroatoms. The lowest BCUT2D eigenvalue weighted by Gasteiger charge is -2.31. The van der Waals surface area contributed by atoms with Crippen molar-refractivity contribution >= 4 is 5.97 Å². The molecule has 1 aliphatic heterocycles. The third-order valence-electron chi connectivity index (χ3n) is 4.20. The van der Waals surface area contributed by atoms with Gasteiger partial charge < -0.3 is 9.84 Å². The molecule has 116 valence electrons. The Morgan fingerprint density at radius 3 is 2.38 bits per heavy atom. The Morgan fingerprint density at radius 1 is 1.38 bits per heavy atom. The van der Waals surface area contributed by atoms with Crippen LogP contribution >= 0.6 is 0 Å². The number of alkyl halides is 1. The molecule has 1 N–H and O–H groups in total. The summed E-state index contributed by atoms with van der Waals surface area (Å²) < 4.78 is 20.2. The van der Waals surface area contributed by atoms with E-state index in [1.807, 2.05) is 25.7 Å². The molecule has 2 atom stereocenters. The number of carboxylic acids is 1. The van der Waals surface area contributed by atoms with Crippen molar-refractivity contribution in [3.05, 3.63) is 29.8 Å². The Morgan fingerprint density at radius 2 is 1.95 bits per heavy atom. The van der Waals surface area contributed by atoms with Crippen LogP contribution in [0.2, 0.25) is 0 Å². The number of nitrogens with zero attached hydrogens (tertiary/aromatic N) is 1. The summed E-state index contributed by atoms with van der Waals surface area (Å²) in [5.74, 6) is -1.40. The summed E-state index contributed by atoms with van der Waals surface area (Å²) in [5.41, 5.74) is -1.84. The maximum absolute atomic E-state index is 15.1. The Labute approximate surface area is 124 Å². The zero-order valence-corrected chi connectivity index (χ0v) is 12.9. The fraction of sp³-hybridized carbons (Fsp3) is 0.562. The summed E-state index contributed by atoms with van der Waals surface area (Å²) in [4.78, 5) is 13.4. The standard InChI is InChI=1S/C16H22FNO3/c1-15(2,3)18-9-13(16(17,10-18)14(19)20)11-5-7-12(21-4)8-6-11/h5-8,13H,9-10H2,1-4H3,(H,19,20)/t13-,16-/m0/s1. The molecule has 0 bridgehead atoms. The first-order valence-corrected chi connectivity index (χ1v) is 7.00. The van der Waals surface area contributed by atoms with Crippen LogP contribution in [0.1, 0.15) is 32.3 Å². The first kappa shape index (κ1) is 15.8. The van der Waals surface area contributed by atoms with E-state index in [0.29, 0.717) is 17.9 Å². The summed E-state index contributed by atoms with van der Waals surface area (Å²) >= 11 is 0. The lowest BCUT2D eigenvalue weighted by atomic mass is 9.86. The zero-order valence-electron chi connectivity index (χ0n) is 12.9. The van der Waals surface area contributed by atoms with E-state index in [1.54, 1.807) is 31.4 Å². The van der Waals surface area contributed by atoms with Gasteiger partial charge in [0.25, 0.3) is 0 Å². The predicted octanol–water partition coefficient (Wildman–Crippen LogP) is 2.69. The number of methoxy groups -OCH3 is 1. The molecule has 1 saturated heterocycles. The van der Waals surface area contributed by atoms with Crippen LogP contribution in [-0.4, -0.2) is 47.4 Å². The van der Waals surface area contributed by atoms with Crippen LogP contribution in [0.4, 0.5) is 4.39 Å². The van der Waals surface area contributed by atoms with E-state index in [4.69, 9.17) is 4.74 Å². The SMILES string of the molecule is COc1ccc([C@@H]2CN(C(C)(C)C)C[C@@]2(F)C(=O)O)cc1. The van der Waals surface area contributed by atoms with E-state index in [0.717, 1.165) is 0 Å². The van der Waals surface area contributed by atoms with Crippen molar-refractivity contribution in [3.63, 3.8) is 0 Å². The number of aliphatic carboxylic acids is 1. The lowest BCUT2D eigenvalue weighted by molar-refractivity contribution is -0.151. The van der Waals surface area contributed by atoms with Crippen LogP contribution in [0.5, 0.6) is 5.75 Å². The Kier molecular flexibility index (Phi) is 3.97. The number of likely N-dealkylation sites (tertiary alicyclic amines) is 1. The Balaban J connectivity index is 2.36. The van der Waals surface area contributed by atoms with Crippen LogP contribution < -0.4 is 4.74 Å². The highest BCUT2D eigenvalue weighted by molar-refractivity contribution is 5.80. The third kappa shape index (κ3) is 2.88. The first-order valence-electron chi connectivity index (χ1n) is 7.00. The number of hydrogen-bond acceptors (Lipinski definition) is 3. The average Bonchev–Trinajstić information content (AvgIpc) is 2.78.